The molecule has 0 spiro atoms. The average Bonchev–Trinajstić information content (AvgIpc) is 2.42. The van der Waals surface area contributed by atoms with Crippen molar-refractivity contribution in [1.82, 2.24) is 20.2 Å². The maximum absolute atomic E-state index is 12.2. The van der Waals surface area contributed by atoms with Crippen LogP contribution in [0, 0.1) is 13.8 Å². The maximum Gasteiger partial charge on any atom is 0.267 e. The van der Waals surface area contributed by atoms with Gasteiger partial charge in [0, 0.05) is 12.4 Å². The highest BCUT2D eigenvalue weighted by Gasteiger charge is 2.20. The summed E-state index contributed by atoms with van der Waals surface area (Å²) in [6, 6.07) is 1.44. The van der Waals surface area contributed by atoms with Gasteiger partial charge in [-0.05, 0) is 19.9 Å². The van der Waals surface area contributed by atoms with Gasteiger partial charge in [0.1, 0.15) is 4.90 Å². The number of aromatic nitrogens is 4. The molecule has 0 saturated carbocycles. The van der Waals surface area contributed by atoms with Crippen molar-refractivity contribution in [1.29, 1.82) is 0 Å². The lowest BCUT2D eigenvalue weighted by Gasteiger charge is -2.10. The molecule has 2 aromatic heterocycles. The number of anilines is 2. The van der Waals surface area contributed by atoms with Crippen molar-refractivity contribution in [2.45, 2.75) is 18.7 Å². The number of nitrogens with two attached hydrogens (primary N) is 1. The molecule has 0 saturated heterocycles. The Labute approximate surface area is 115 Å². The molecule has 0 aliphatic heterocycles. The van der Waals surface area contributed by atoms with Crippen LogP contribution in [-0.2, 0) is 10.0 Å². The molecule has 0 radical (unpaired) electrons. The molecule has 0 aromatic carbocycles. The topological polar surface area (TPSA) is 136 Å². The van der Waals surface area contributed by atoms with Gasteiger partial charge in [-0.15, -0.1) is 5.10 Å². The zero-order chi connectivity index (χ0) is 14.8. The summed E-state index contributed by atoms with van der Waals surface area (Å²) < 4.78 is 26.7. The van der Waals surface area contributed by atoms with Gasteiger partial charge < -0.3 is 5.43 Å². The van der Waals surface area contributed by atoms with Crippen molar-refractivity contribution < 1.29 is 8.42 Å². The Kier molecular flexibility index (Phi) is 3.77. The van der Waals surface area contributed by atoms with E-state index in [1.165, 1.54) is 18.5 Å². The second-order valence-electron chi connectivity index (χ2n) is 3.93. The van der Waals surface area contributed by atoms with Crippen LogP contribution < -0.4 is 16.0 Å². The Balaban J connectivity index is 2.38. The first-order valence-electron chi connectivity index (χ1n) is 5.55. The maximum atomic E-state index is 12.2. The van der Waals surface area contributed by atoms with E-state index in [4.69, 9.17) is 5.84 Å². The number of nitrogens with zero attached hydrogens (tertiary/aromatic N) is 4. The predicted octanol–water partition coefficient (Wildman–Crippen LogP) is -0.0302. The van der Waals surface area contributed by atoms with Crippen LogP contribution in [0.2, 0.25) is 0 Å². The lowest BCUT2D eigenvalue weighted by atomic mass is 10.4. The van der Waals surface area contributed by atoms with Crippen LogP contribution in [0.15, 0.2) is 23.4 Å². The van der Waals surface area contributed by atoms with Crippen molar-refractivity contribution >= 4 is 21.7 Å². The van der Waals surface area contributed by atoms with Gasteiger partial charge in [-0.3, -0.25) is 10.8 Å². The van der Waals surface area contributed by atoms with Crippen LogP contribution in [0.1, 0.15) is 11.4 Å². The summed E-state index contributed by atoms with van der Waals surface area (Å²) in [6.07, 6.45) is 2.59. The first-order chi connectivity index (χ1) is 9.44. The predicted molar refractivity (Wildman–Crippen MR) is 72.2 cm³/mol. The first-order valence-corrected chi connectivity index (χ1v) is 7.03. The number of rotatable bonds is 4. The Hall–Kier alpha value is -2.33. The second-order valence-corrected chi connectivity index (χ2v) is 5.58. The van der Waals surface area contributed by atoms with Crippen LogP contribution in [0.3, 0.4) is 0 Å². The van der Waals surface area contributed by atoms with Crippen molar-refractivity contribution in [2.75, 3.05) is 10.1 Å². The summed E-state index contributed by atoms with van der Waals surface area (Å²) >= 11 is 0. The SMILES string of the molecule is Cc1nnc(NS(=O)(=O)c2cnccc2NN)nc1C. The van der Waals surface area contributed by atoms with Gasteiger partial charge in [0.05, 0.1) is 17.1 Å². The minimum Gasteiger partial charge on any atom is -0.323 e. The number of hydrazine groups is 1. The largest absolute Gasteiger partial charge is 0.323 e. The smallest absolute Gasteiger partial charge is 0.267 e. The van der Waals surface area contributed by atoms with E-state index in [-0.39, 0.29) is 16.5 Å². The van der Waals surface area contributed by atoms with Crippen molar-refractivity contribution in [2.24, 2.45) is 5.84 Å². The fraction of sp³-hybridized carbons (Fsp3) is 0.200. The Bertz CT molecular complexity index is 732. The molecule has 0 aliphatic carbocycles. The van der Waals surface area contributed by atoms with Crippen LogP contribution in [0.4, 0.5) is 11.6 Å². The van der Waals surface area contributed by atoms with Gasteiger partial charge >= 0.3 is 0 Å². The number of sulfonamides is 1. The number of aryl methyl sites for hydroxylation is 2. The van der Waals surface area contributed by atoms with Crippen molar-refractivity contribution in [3.8, 4) is 0 Å². The van der Waals surface area contributed by atoms with Crippen molar-refractivity contribution in [3.63, 3.8) is 0 Å². The highest BCUT2D eigenvalue weighted by Crippen LogP contribution is 2.20. The number of hydrogen-bond donors (Lipinski definition) is 3. The van der Waals surface area contributed by atoms with Crippen LogP contribution in [0.25, 0.3) is 0 Å². The summed E-state index contributed by atoms with van der Waals surface area (Å²) in [4.78, 5) is 7.66. The molecular weight excluding hydrogens is 282 g/mol. The number of nitrogens with one attached hydrogen (secondary N) is 2. The number of hydrogen-bond acceptors (Lipinski definition) is 8. The average molecular weight is 295 g/mol. The van der Waals surface area contributed by atoms with Gasteiger partial charge in [-0.25, -0.2) is 18.1 Å². The fourth-order valence-electron chi connectivity index (χ4n) is 1.39. The molecule has 0 aliphatic rings. The standard InChI is InChI=1S/C10H13N7O2S/c1-6-7(2)15-16-10(13-6)17-20(18,19)9-5-12-4-3-8(9)14-11/h3-5H,11H2,1-2H3,(H,12,14)(H,13,16,17). The molecule has 0 bridgehead atoms. The molecule has 20 heavy (non-hydrogen) atoms. The summed E-state index contributed by atoms with van der Waals surface area (Å²) in [6.45, 7) is 3.43. The van der Waals surface area contributed by atoms with E-state index in [9.17, 15) is 8.42 Å². The van der Waals surface area contributed by atoms with E-state index in [1.807, 2.05) is 0 Å². The number of pyridine rings is 1. The first kappa shape index (κ1) is 14.1. The van der Waals surface area contributed by atoms with E-state index < -0.39 is 10.0 Å². The van der Waals surface area contributed by atoms with E-state index in [1.54, 1.807) is 13.8 Å². The summed E-state index contributed by atoms with van der Waals surface area (Å²) in [7, 11) is -3.91. The third-order valence-electron chi connectivity index (χ3n) is 2.55. The Morgan fingerprint density at radius 1 is 1.20 bits per heavy atom. The van der Waals surface area contributed by atoms with Gasteiger partial charge in [0.25, 0.3) is 16.0 Å². The zero-order valence-electron chi connectivity index (χ0n) is 10.8. The quantitative estimate of drug-likeness (QED) is 0.528. The molecule has 2 heterocycles. The van der Waals surface area contributed by atoms with E-state index >= 15 is 0 Å². The highest BCUT2D eigenvalue weighted by molar-refractivity contribution is 7.92. The molecule has 4 N–H and O–H groups in total. The summed E-state index contributed by atoms with van der Waals surface area (Å²) in [5.41, 5.74) is 3.71. The van der Waals surface area contributed by atoms with Crippen LogP contribution in [0.5, 0.6) is 0 Å². The normalized spacial score (nSPS) is 11.2. The third-order valence-corrected chi connectivity index (χ3v) is 3.90. The monoisotopic (exact) mass is 295 g/mol. The minimum atomic E-state index is -3.91. The molecule has 9 nitrogen and oxygen atoms in total. The fourth-order valence-corrected chi connectivity index (χ4v) is 2.44. The van der Waals surface area contributed by atoms with Crippen molar-refractivity contribution in [3.05, 3.63) is 29.8 Å². The van der Waals surface area contributed by atoms with Gasteiger partial charge in [-0.2, -0.15) is 5.10 Å². The third kappa shape index (κ3) is 2.81. The lowest BCUT2D eigenvalue weighted by molar-refractivity contribution is 0.600. The molecule has 2 rings (SSSR count). The van der Waals surface area contributed by atoms with E-state index in [0.29, 0.717) is 11.4 Å². The Morgan fingerprint density at radius 3 is 2.60 bits per heavy atom. The molecule has 0 fully saturated rings. The van der Waals surface area contributed by atoms with Gasteiger partial charge in [0.15, 0.2) is 0 Å². The lowest BCUT2D eigenvalue weighted by Crippen LogP contribution is -2.19. The molecular formula is C10H13N7O2S. The minimum absolute atomic E-state index is 0.107. The molecule has 0 amide bonds. The van der Waals surface area contributed by atoms with E-state index in [0.717, 1.165) is 0 Å². The highest BCUT2D eigenvalue weighted by atomic mass is 32.2. The van der Waals surface area contributed by atoms with Crippen LogP contribution >= 0.6 is 0 Å². The summed E-state index contributed by atoms with van der Waals surface area (Å²) in [5, 5.41) is 7.49. The molecule has 0 atom stereocenters. The second kappa shape index (κ2) is 5.35. The number of nitrogen functional groups attached to an aromatic ring is 1. The zero-order valence-corrected chi connectivity index (χ0v) is 11.6. The molecule has 106 valence electrons. The molecule has 0 unspecified atom stereocenters. The molecule has 10 heteroatoms. The van der Waals surface area contributed by atoms with E-state index in [2.05, 4.69) is 30.3 Å². The van der Waals surface area contributed by atoms with Crippen LogP contribution in [-0.4, -0.2) is 28.6 Å². The Morgan fingerprint density at radius 2 is 1.95 bits per heavy atom. The van der Waals surface area contributed by atoms with Gasteiger partial charge in [0.2, 0.25) is 0 Å². The van der Waals surface area contributed by atoms with Gasteiger partial charge in [-0.1, -0.05) is 0 Å². The summed E-state index contributed by atoms with van der Waals surface area (Å²) in [5.74, 6) is 5.16. The molecule has 2 aromatic rings.